The highest BCUT2D eigenvalue weighted by molar-refractivity contribution is 7.82. The maximum absolute atomic E-state index is 12.1. The van der Waals surface area contributed by atoms with Crippen LogP contribution in [0.5, 0.6) is 0 Å². The van der Waals surface area contributed by atoms with Gasteiger partial charge >= 0.3 is 23.9 Å². The number of thiol groups is 3. The van der Waals surface area contributed by atoms with E-state index < -0.39 is 39.6 Å². The molecule has 0 aromatic heterocycles. The first-order valence-electron chi connectivity index (χ1n) is 7.88. The van der Waals surface area contributed by atoms with Gasteiger partial charge in [0.05, 0.1) is 22.2 Å². The van der Waals surface area contributed by atoms with Gasteiger partial charge in [-0.05, 0) is 19.3 Å². The van der Waals surface area contributed by atoms with Crippen molar-refractivity contribution in [1.82, 2.24) is 0 Å². The molecule has 9 heteroatoms. The number of hydrogen-bond acceptors (Lipinski definition) is 9. The Morgan fingerprint density at radius 1 is 0.708 bits per heavy atom. The molecule has 0 heterocycles. The monoisotopic (exact) mass is 398 g/mol. The Morgan fingerprint density at radius 3 is 1.12 bits per heavy atom. The van der Waals surface area contributed by atoms with Gasteiger partial charge in [-0.3, -0.25) is 14.4 Å². The van der Waals surface area contributed by atoms with E-state index in [4.69, 9.17) is 14.2 Å². The topological polar surface area (TPSA) is 78.9 Å². The first-order chi connectivity index (χ1) is 11.2. The van der Waals surface area contributed by atoms with Crippen LogP contribution < -0.4 is 0 Å². The van der Waals surface area contributed by atoms with Crippen molar-refractivity contribution in [3.05, 3.63) is 0 Å². The molecular weight excluding hydrogens is 372 g/mol. The largest absolute Gasteiger partial charge is 0.423 e. The lowest BCUT2D eigenvalue weighted by molar-refractivity contribution is -0.330. The van der Waals surface area contributed by atoms with Crippen molar-refractivity contribution in [3.8, 4) is 0 Å². The predicted octanol–water partition coefficient (Wildman–Crippen LogP) is 2.81. The van der Waals surface area contributed by atoms with Crippen LogP contribution in [0.1, 0.15) is 53.4 Å². The predicted molar refractivity (Wildman–Crippen MR) is 100 cm³/mol. The van der Waals surface area contributed by atoms with E-state index in [1.165, 1.54) is 0 Å². The molecule has 140 valence electrons. The number of esters is 3. The summed E-state index contributed by atoms with van der Waals surface area (Å²) in [6, 6.07) is 0. The van der Waals surface area contributed by atoms with E-state index >= 15 is 0 Å². The van der Waals surface area contributed by atoms with Crippen LogP contribution in [-0.4, -0.2) is 39.6 Å². The van der Waals surface area contributed by atoms with E-state index in [0.717, 1.165) is 0 Å². The fourth-order valence-corrected chi connectivity index (χ4v) is 1.60. The van der Waals surface area contributed by atoms with Gasteiger partial charge < -0.3 is 14.2 Å². The fraction of sp³-hybridized carbons (Fsp3) is 0.800. The van der Waals surface area contributed by atoms with E-state index in [2.05, 4.69) is 37.9 Å². The molecule has 0 aliphatic carbocycles. The minimum atomic E-state index is -2.15. The molecule has 3 atom stereocenters. The summed E-state index contributed by atoms with van der Waals surface area (Å²) >= 11 is 12.3. The van der Waals surface area contributed by atoms with Gasteiger partial charge in [-0.1, -0.05) is 27.7 Å². The third-order valence-electron chi connectivity index (χ3n) is 3.18. The molecule has 0 saturated heterocycles. The van der Waals surface area contributed by atoms with Crippen LogP contribution >= 0.6 is 37.9 Å². The molecule has 3 unspecified atom stereocenters. The quantitative estimate of drug-likeness (QED) is 0.298. The molecule has 0 aliphatic heterocycles. The van der Waals surface area contributed by atoms with Crippen molar-refractivity contribution in [2.45, 2.75) is 75.1 Å². The van der Waals surface area contributed by atoms with E-state index in [1.807, 2.05) is 0 Å². The summed E-state index contributed by atoms with van der Waals surface area (Å²) in [5.41, 5.74) is 0. The molecule has 24 heavy (non-hydrogen) atoms. The van der Waals surface area contributed by atoms with Gasteiger partial charge in [0.25, 0.3) is 0 Å². The Balaban J connectivity index is 5.46. The third kappa shape index (κ3) is 7.14. The van der Waals surface area contributed by atoms with Gasteiger partial charge in [0, 0.05) is 0 Å². The van der Waals surface area contributed by atoms with Crippen LogP contribution in [0, 0.1) is 0 Å². The van der Waals surface area contributed by atoms with E-state index in [-0.39, 0.29) is 6.42 Å². The molecule has 0 aromatic rings. The van der Waals surface area contributed by atoms with Gasteiger partial charge in [0.2, 0.25) is 0 Å². The molecule has 0 aromatic carbocycles. The molecule has 0 spiro atoms. The number of carbonyl (C=O) groups excluding carboxylic acids is 3. The second-order valence-electron chi connectivity index (χ2n) is 5.07. The number of hydrogen-bond donors (Lipinski definition) is 3. The lowest BCUT2D eigenvalue weighted by atomic mass is 10.3. The molecule has 0 amide bonds. The average Bonchev–Trinajstić information content (AvgIpc) is 2.58. The first kappa shape index (κ1) is 23.5. The Labute approximate surface area is 159 Å². The Bertz CT molecular complexity index is 383. The van der Waals surface area contributed by atoms with E-state index in [9.17, 15) is 14.4 Å². The minimum absolute atomic E-state index is 0.0745. The number of rotatable bonds is 10. The van der Waals surface area contributed by atoms with Crippen LogP contribution in [0.4, 0.5) is 0 Å². The van der Waals surface area contributed by atoms with E-state index in [0.29, 0.717) is 19.3 Å². The van der Waals surface area contributed by atoms with Crippen molar-refractivity contribution in [1.29, 1.82) is 0 Å². The van der Waals surface area contributed by atoms with Crippen molar-refractivity contribution in [2.75, 3.05) is 0 Å². The lowest BCUT2D eigenvalue weighted by Gasteiger charge is -2.32. The lowest BCUT2D eigenvalue weighted by Crippen LogP contribution is -2.47. The van der Waals surface area contributed by atoms with Crippen LogP contribution in [-0.2, 0) is 28.6 Å². The highest BCUT2D eigenvalue weighted by Gasteiger charge is 2.44. The zero-order valence-corrected chi connectivity index (χ0v) is 17.0. The molecule has 0 radical (unpaired) electrons. The van der Waals surface area contributed by atoms with Gasteiger partial charge in [-0.15, -0.1) is 0 Å². The van der Waals surface area contributed by atoms with E-state index in [1.54, 1.807) is 27.7 Å². The van der Waals surface area contributed by atoms with Gasteiger partial charge in [0.15, 0.2) is 0 Å². The molecular formula is C15H26O6S3. The number of ether oxygens (including phenoxy) is 3. The maximum Gasteiger partial charge on any atom is 0.423 e. The first-order valence-corrected chi connectivity index (χ1v) is 9.43. The van der Waals surface area contributed by atoms with Gasteiger partial charge in [0.1, 0.15) is 0 Å². The Kier molecular flexibility index (Phi) is 10.9. The highest BCUT2D eigenvalue weighted by Crippen LogP contribution is 2.26. The van der Waals surface area contributed by atoms with Crippen molar-refractivity contribution in [2.24, 2.45) is 0 Å². The Hall–Kier alpha value is -0.540. The summed E-state index contributed by atoms with van der Waals surface area (Å²) in [7, 11) is 0. The Morgan fingerprint density at radius 2 is 0.958 bits per heavy atom. The standard InChI is InChI=1S/C15H26O6S3/c1-5-9(22)12(16)19-15(8-4,20-13(17)10(23)6-2)21-14(18)11(24)7-3/h9-11,22-24H,5-8H2,1-4H3. The normalized spacial score (nSPS) is 17.1. The van der Waals surface area contributed by atoms with Gasteiger partial charge in [-0.25, -0.2) is 0 Å². The smallest absolute Gasteiger partial charge is 0.387 e. The van der Waals surface area contributed by atoms with Gasteiger partial charge in [-0.2, -0.15) is 37.9 Å². The fourth-order valence-electron chi connectivity index (χ4n) is 1.44. The molecule has 0 N–H and O–H groups in total. The summed E-state index contributed by atoms with van der Waals surface area (Å²) < 4.78 is 15.6. The van der Waals surface area contributed by atoms with Crippen LogP contribution in [0.2, 0.25) is 0 Å². The molecule has 0 fully saturated rings. The zero-order chi connectivity index (χ0) is 18.9. The highest BCUT2D eigenvalue weighted by atomic mass is 32.1. The van der Waals surface area contributed by atoms with Crippen LogP contribution in [0.25, 0.3) is 0 Å². The van der Waals surface area contributed by atoms with Crippen molar-refractivity contribution in [3.63, 3.8) is 0 Å². The van der Waals surface area contributed by atoms with Crippen molar-refractivity contribution < 1.29 is 28.6 Å². The summed E-state index contributed by atoms with van der Waals surface area (Å²) in [5.74, 6) is -4.39. The minimum Gasteiger partial charge on any atom is -0.387 e. The summed E-state index contributed by atoms with van der Waals surface area (Å²) in [6.07, 6.45) is 1.13. The van der Waals surface area contributed by atoms with Crippen molar-refractivity contribution >= 4 is 55.8 Å². The second kappa shape index (κ2) is 11.1. The van der Waals surface area contributed by atoms with Crippen LogP contribution in [0.15, 0.2) is 0 Å². The molecule has 0 aliphatic rings. The maximum atomic E-state index is 12.1. The molecule has 0 rings (SSSR count). The molecule has 0 saturated carbocycles. The zero-order valence-electron chi connectivity index (χ0n) is 14.4. The average molecular weight is 399 g/mol. The number of carbonyl (C=O) groups is 3. The third-order valence-corrected chi connectivity index (χ3v) is 4.91. The summed E-state index contributed by atoms with van der Waals surface area (Å²) in [4.78, 5) is 36.2. The summed E-state index contributed by atoms with van der Waals surface area (Å²) in [5, 5.41) is -2.20. The SMILES string of the molecule is CCC(S)C(=O)OC(CC)(OC(=O)C(S)CC)OC(=O)C(S)CC. The molecule has 6 nitrogen and oxygen atoms in total. The second-order valence-corrected chi connectivity index (χ2v) is 6.94. The summed E-state index contributed by atoms with van der Waals surface area (Å²) in [6.45, 7) is 6.79. The molecule has 0 bridgehead atoms. The van der Waals surface area contributed by atoms with Crippen LogP contribution in [0.3, 0.4) is 0 Å².